The number of fused-ring (bicyclic) bond motifs is 1. The maximum absolute atomic E-state index is 11.8. The Morgan fingerprint density at radius 2 is 1.72 bits per heavy atom. The van der Waals surface area contributed by atoms with Crippen molar-refractivity contribution in [1.29, 1.82) is 0 Å². The van der Waals surface area contributed by atoms with E-state index in [1.807, 2.05) is 31.2 Å². The summed E-state index contributed by atoms with van der Waals surface area (Å²) in [5.41, 5.74) is 4.05. The van der Waals surface area contributed by atoms with Gasteiger partial charge in [0, 0.05) is 5.56 Å². The standard InChI is InChI=1S/C22H20O3/c1-13-8-10-16(11-9-13)22-21(17-6-4-5-7-19(17)25-22)20-12-18(14(2)23)15(3)24-20/h4-12,21-22H,1-3H3/t21-,22+/m1/s1. The van der Waals surface area contributed by atoms with Crippen LogP contribution in [-0.4, -0.2) is 5.78 Å². The highest BCUT2D eigenvalue weighted by molar-refractivity contribution is 5.95. The minimum atomic E-state index is -0.164. The van der Waals surface area contributed by atoms with Crippen LogP contribution in [-0.2, 0) is 0 Å². The van der Waals surface area contributed by atoms with Crippen LogP contribution in [0.3, 0.4) is 0 Å². The van der Waals surface area contributed by atoms with Crippen LogP contribution in [0.4, 0.5) is 0 Å². The number of aryl methyl sites for hydroxylation is 2. The van der Waals surface area contributed by atoms with Gasteiger partial charge in [-0.3, -0.25) is 4.79 Å². The van der Waals surface area contributed by atoms with Gasteiger partial charge >= 0.3 is 0 Å². The van der Waals surface area contributed by atoms with Crippen molar-refractivity contribution >= 4 is 5.78 Å². The molecule has 1 aromatic heterocycles. The van der Waals surface area contributed by atoms with Crippen molar-refractivity contribution in [2.45, 2.75) is 32.8 Å². The number of hydrogen-bond acceptors (Lipinski definition) is 3. The Bertz CT molecular complexity index is 934. The Morgan fingerprint density at radius 1 is 1.00 bits per heavy atom. The number of rotatable bonds is 3. The third kappa shape index (κ3) is 2.66. The van der Waals surface area contributed by atoms with Crippen molar-refractivity contribution in [2.75, 3.05) is 0 Å². The molecule has 0 bridgehead atoms. The second-order valence-electron chi connectivity index (χ2n) is 6.64. The zero-order valence-corrected chi connectivity index (χ0v) is 14.6. The van der Waals surface area contributed by atoms with Gasteiger partial charge in [0.15, 0.2) is 5.78 Å². The summed E-state index contributed by atoms with van der Waals surface area (Å²) in [6.07, 6.45) is -0.164. The lowest BCUT2D eigenvalue weighted by Gasteiger charge is -2.18. The fourth-order valence-electron chi connectivity index (χ4n) is 3.54. The Morgan fingerprint density at radius 3 is 2.40 bits per heavy atom. The third-order valence-electron chi connectivity index (χ3n) is 4.84. The molecule has 25 heavy (non-hydrogen) atoms. The zero-order valence-electron chi connectivity index (χ0n) is 14.6. The zero-order chi connectivity index (χ0) is 17.6. The van der Waals surface area contributed by atoms with Crippen LogP contribution in [0, 0.1) is 13.8 Å². The summed E-state index contributed by atoms with van der Waals surface area (Å²) in [6.45, 7) is 5.47. The van der Waals surface area contributed by atoms with E-state index in [1.54, 1.807) is 6.92 Å². The third-order valence-corrected chi connectivity index (χ3v) is 4.84. The Labute approximate surface area is 147 Å². The number of carbonyl (C=O) groups is 1. The lowest BCUT2D eigenvalue weighted by Crippen LogP contribution is -2.10. The Hall–Kier alpha value is -2.81. The summed E-state index contributed by atoms with van der Waals surface area (Å²) >= 11 is 0. The molecule has 2 heterocycles. The smallest absolute Gasteiger partial charge is 0.163 e. The number of carbonyl (C=O) groups excluding carboxylic acids is 1. The summed E-state index contributed by atoms with van der Waals surface area (Å²) < 4.78 is 12.3. The van der Waals surface area contributed by atoms with E-state index in [9.17, 15) is 4.79 Å². The quantitative estimate of drug-likeness (QED) is 0.606. The number of benzene rings is 2. The molecule has 0 N–H and O–H groups in total. The van der Waals surface area contributed by atoms with Gasteiger partial charge in [-0.25, -0.2) is 0 Å². The van der Waals surface area contributed by atoms with Crippen molar-refractivity contribution in [2.24, 2.45) is 0 Å². The summed E-state index contributed by atoms with van der Waals surface area (Å²) in [5.74, 6) is 2.27. The van der Waals surface area contributed by atoms with Gasteiger partial charge in [-0.1, -0.05) is 48.0 Å². The Kier molecular flexibility index (Phi) is 3.72. The predicted octanol–water partition coefficient (Wildman–Crippen LogP) is 5.36. The highest BCUT2D eigenvalue weighted by Crippen LogP contribution is 2.49. The molecular formula is C22H20O3. The molecule has 126 valence electrons. The summed E-state index contributed by atoms with van der Waals surface area (Å²) in [4.78, 5) is 11.8. The molecule has 0 saturated heterocycles. The molecule has 1 aliphatic rings. The van der Waals surface area contributed by atoms with Gasteiger partial charge in [0.05, 0.1) is 11.5 Å². The van der Waals surface area contributed by atoms with Gasteiger partial charge in [-0.2, -0.15) is 0 Å². The van der Waals surface area contributed by atoms with Crippen molar-refractivity contribution in [3.63, 3.8) is 0 Å². The second kappa shape index (κ2) is 5.92. The van der Waals surface area contributed by atoms with Crippen LogP contribution in [0.5, 0.6) is 5.75 Å². The highest BCUT2D eigenvalue weighted by Gasteiger charge is 2.39. The first kappa shape index (κ1) is 15.7. The Balaban J connectivity index is 1.84. The molecule has 0 fully saturated rings. The van der Waals surface area contributed by atoms with E-state index in [4.69, 9.17) is 9.15 Å². The molecule has 0 amide bonds. The van der Waals surface area contributed by atoms with Crippen molar-refractivity contribution < 1.29 is 13.9 Å². The van der Waals surface area contributed by atoms with E-state index in [1.165, 1.54) is 5.56 Å². The molecule has 0 aliphatic carbocycles. The van der Waals surface area contributed by atoms with Gasteiger partial charge in [-0.05, 0) is 38.5 Å². The monoisotopic (exact) mass is 332 g/mol. The van der Waals surface area contributed by atoms with Crippen LogP contribution in [0.15, 0.2) is 59.0 Å². The average molecular weight is 332 g/mol. The largest absolute Gasteiger partial charge is 0.484 e. The molecular weight excluding hydrogens is 312 g/mol. The normalized spacial score (nSPS) is 18.7. The van der Waals surface area contributed by atoms with Gasteiger partial charge in [0.2, 0.25) is 0 Å². The summed E-state index contributed by atoms with van der Waals surface area (Å²) in [7, 11) is 0. The minimum Gasteiger partial charge on any atom is -0.484 e. The van der Waals surface area contributed by atoms with Crippen LogP contribution in [0.25, 0.3) is 0 Å². The number of hydrogen-bond donors (Lipinski definition) is 0. The van der Waals surface area contributed by atoms with Crippen molar-refractivity contribution in [3.8, 4) is 5.75 Å². The van der Waals surface area contributed by atoms with Gasteiger partial charge in [0.1, 0.15) is 23.4 Å². The van der Waals surface area contributed by atoms with Gasteiger partial charge in [-0.15, -0.1) is 0 Å². The van der Waals surface area contributed by atoms with E-state index in [2.05, 4.69) is 37.3 Å². The fourth-order valence-corrected chi connectivity index (χ4v) is 3.54. The minimum absolute atomic E-state index is 0.0200. The van der Waals surface area contributed by atoms with E-state index < -0.39 is 0 Å². The molecule has 2 atom stereocenters. The second-order valence-corrected chi connectivity index (χ2v) is 6.64. The van der Waals surface area contributed by atoms with Crippen LogP contribution >= 0.6 is 0 Å². The van der Waals surface area contributed by atoms with Gasteiger partial charge in [0.25, 0.3) is 0 Å². The number of furan rings is 1. The SMILES string of the molecule is CC(=O)c1cc([C@H]2c3ccccc3O[C@H]2c2ccc(C)cc2)oc1C. The number of para-hydroxylation sites is 1. The number of ether oxygens (including phenoxy) is 1. The molecule has 3 aromatic rings. The van der Waals surface area contributed by atoms with Crippen LogP contribution in [0.1, 0.15) is 57.5 Å². The molecule has 0 spiro atoms. The lowest BCUT2D eigenvalue weighted by atomic mass is 9.88. The molecule has 4 rings (SSSR count). The lowest BCUT2D eigenvalue weighted by molar-refractivity contribution is 0.101. The first-order valence-electron chi connectivity index (χ1n) is 8.48. The van der Waals surface area contributed by atoms with E-state index >= 15 is 0 Å². The maximum Gasteiger partial charge on any atom is 0.163 e. The highest BCUT2D eigenvalue weighted by atomic mass is 16.5. The van der Waals surface area contributed by atoms with Crippen molar-refractivity contribution in [3.05, 3.63) is 88.4 Å². The van der Waals surface area contributed by atoms with Gasteiger partial charge < -0.3 is 9.15 Å². The number of ketones is 1. The molecule has 0 unspecified atom stereocenters. The first-order valence-corrected chi connectivity index (χ1v) is 8.48. The van der Waals surface area contributed by atoms with E-state index in [-0.39, 0.29) is 17.8 Å². The maximum atomic E-state index is 11.8. The summed E-state index contributed by atoms with van der Waals surface area (Å²) in [5, 5.41) is 0. The van der Waals surface area contributed by atoms with Crippen LogP contribution < -0.4 is 4.74 Å². The molecule has 0 radical (unpaired) electrons. The average Bonchev–Trinajstić information content (AvgIpc) is 3.16. The predicted molar refractivity (Wildman–Crippen MR) is 96.3 cm³/mol. The molecule has 3 nitrogen and oxygen atoms in total. The molecule has 3 heteroatoms. The summed E-state index contributed by atoms with van der Waals surface area (Å²) in [6, 6.07) is 18.3. The molecule has 1 aliphatic heterocycles. The van der Waals surface area contributed by atoms with E-state index in [0.717, 1.165) is 22.6 Å². The molecule has 0 saturated carbocycles. The molecule has 2 aromatic carbocycles. The van der Waals surface area contributed by atoms with Crippen LogP contribution in [0.2, 0.25) is 0 Å². The fraction of sp³-hybridized carbons (Fsp3) is 0.227. The first-order chi connectivity index (χ1) is 12.0. The number of Topliss-reactive ketones (excluding diaryl/α,β-unsaturated/α-hetero) is 1. The van der Waals surface area contributed by atoms with Crippen molar-refractivity contribution in [1.82, 2.24) is 0 Å². The van der Waals surface area contributed by atoms with E-state index in [0.29, 0.717) is 11.3 Å². The topological polar surface area (TPSA) is 39.4 Å².